The van der Waals surface area contributed by atoms with E-state index in [1.165, 1.54) is 7.11 Å². The van der Waals surface area contributed by atoms with E-state index in [9.17, 15) is 19.2 Å². The Hall–Kier alpha value is -15.3. The maximum absolute atomic E-state index is 12.5. The molecule has 116 heavy (non-hydrogen) atoms. The van der Waals surface area contributed by atoms with E-state index in [2.05, 4.69) is 143 Å². The lowest BCUT2D eigenvalue weighted by molar-refractivity contribution is -0.116. The van der Waals surface area contributed by atoms with Gasteiger partial charge in [0, 0.05) is 100 Å². The molecule has 0 unspecified atom stereocenters. The number of anilines is 9. The molecule has 33 heteroatoms. The zero-order valence-electron chi connectivity index (χ0n) is 64.4. The molecule has 1 aliphatic rings. The van der Waals surface area contributed by atoms with Crippen LogP contribution in [0.15, 0.2) is 232 Å². The van der Waals surface area contributed by atoms with Gasteiger partial charge in [0.25, 0.3) is 0 Å². The van der Waals surface area contributed by atoms with Gasteiger partial charge in [0.2, 0.25) is 53.3 Å². The Bertz CT molecular complexity index is 5550. The van der Waals surface area contributed by atoms with Crippen molar-refractivity contribution in [3.05, 3.63) is 277 Å². The number of nitrogens with zero attached hydrogens (tertiary/aromatic N) is 23. The number of nitrogens with one attached hydrogen (secondary N) is 5. The van der Waals surface area contributed by atoms with Gasteiger partial charge >= 0.3 is 0 Å². The highest BCUT2D eigenvalue weighted by Crippen LogP contribution is 2.24. The lowest BCUT2D eigenvalue weighted by Gasteiger charge is -2.33. The molecule has 4 amide bonds. The molecule has 13 heterocycles. The van der Waals surface area contributed by atoms with Gasteiger partial charge in [-0.2, -0.15) is 39.9 Å². The number of hydrogen-bond acceptors (Lipinski definition) is 29. The Labute approximate surface area is 667 Å². The van der Waals surface area contributed by atoms with Crippen molar-refractivity contribution < 1.29 is 23.9 Å². The molecule has 1 fully saturated rings. The molecule has 582 valence electrons. The fraction of sp³-hybridized carbons (Fsp3) is 0.181. The van der Waals surface area contributed by atoms with Gasteiger partial charge < -0.3 is 24.8 Å². The quantitative estimate of drug-likeness (QED) is 0.0421. The van der Waals surface area contributed by atoms with Gasteiger partial charge in [-0.15, -0.1) is 0 Å². The van der Waals surface area contributed by atoms with Crippen molar-refractivity contribution in [2.75, 3.05) is 83.8 Å². The lowest BCUT2D eigenvalue weighted by atomic mass is 10.2. The minimum atomic E-state index is -0.246. The van der Waals surface area contributed by atoms with E-state index < -0.39 is 0 Å². The van der Waals surface area contributed by atoms with Crippen molar-refractivity contribution in [1.29, 1.82) is 0 Å². The summed E-state index contributed by atoms with van der Waals surface area (Å²) in [6.07, 6.45) is 14.0. The molecule has 2 aromatic carbocycles. The van der Waals surface area contributed by atoms with Gasteiger partial charge in [-0.1, -0.05) is 84.9 Å². The number of carbonyl (C=O) groups excluding carboxylic acids is 4. The second-order valence-corrected chi connectivity index (χ2v) is 25.9. The number of likely N-dealkylation sites (N-methyl/N-ethyl adjacent to an activating group) is 1. The third-order valence-corrected chi connectivity index (χ3v) is 16.8. The van der Waals surface area contributed by atoms with Gasteiger partial charge in [0.05, 0.1) is 32.8 Å². The summed E-state index contributed by atoms with van der Waals surface area (Å²) in [6.45, 7) is 10.9. The Morgan fingerprint density at radius 3 is 1.07 bits per heavy atom. The number of para-hydroxylation sites is 2. The average Bonchev–Trinajstić information content (AvgIpc) is 0.845. The predicted octanol–water partition coefficient (Wildman–Crippen LogP) is 10.5. The second-order valence-electron chi connectivity index (χ2n) is 25.9. The summed E-state index contributed by atoms with van der Waals surface area (Å²) in [5.74, 6) is 6.51. The molecule has 1 aliphatic heterocycles. The number of aryl methyl sites for hydroxylation is 4. The van der Waals surface area contributed by atoms with Crippen LogP contribution >= 0.6 is 0 Å². The van der Waals surface area contributed by atoms with Crippen LogP contribution in [0.4, 0.5) is 52.6 Å². The minimum absolute atomic E-state index is 0.153. The van der Waals surface area contributed by atoms with E-state index in [-0.39, 0.29) is 73.1 Å². The van der Waals surface area contributed by atoms with Crippen molar-refractivity contribution >= 4 is 76.3 Å². The highest BCUT2D eigenvalue weighted by Gasteiger charge is 2.19. The average molecular weight is 1550 g/mol. The van der Waals surface area contributed by atoms with Crippen LogP contribution in [0.25, 0.3) is 46.1 Å². The van der Waals surface area contributed by atoms with E-state index in [1.807, 2.05) is 164 Å². The molecule has 0 spiro atoms. The molecule has 15 rings (SSSR count). The number of ether oxygens (including phenoxy) is 1. The number of rotatable bonds is 22. The van der Waals surface area contributed by atoms with Crippen LogP contribution in [-0.4, -0.2) is 176 Å². The van der Waals surface area contributed by atoms with Crippen LogP contribution in [-0.2, 0) is 44.9 Å². The number of aromatic nitrogens is 20. The first-order valence-electron chi connectivity index (χ1n) is 36.6. The molecule has 0 aliphatic carbocycles. The second kappa shape index (κ2) is 40.1. The van der Waals surface area contributed by atoms with Crippen molar-refractivity contribution in [2.24, 2.45) is 0 Å². The molecule has 0 bridgehead atoms. The number of piperazine rings is 1. The van der Waals surface area contributed by atoms with Gasteiger partial charge in [0.15, 0.2) is 23.3 Å². The molecule has 0 saturated carbocycles. The number of methoxy groups -OCH3 is 1. The van der Waals surface area contributed by atoms with Crippen LogP contribution in [0.1, 0.15) is 45.6 Å². The molecule has 1 saturated heterocycles. The number of carbonyl (C=O) groups is 4. The zero-order valence-corrected chi connectivity index (χ0v) is 64.4. The van der Waals surface area contributed by atoms with E-state index in [0.29, 0.717) is 81.1 Å². The third-order valence-electron chi connectivity index (χ3n) is 16.8. The Balaban J connectivity index is 0.000000143. The standard InChI is InChI=1S/C23H21N7O.C22H19N7O.C21H24N8O.C17H16N6O2/c1-16-26-22(19-10-6-7-13-24-19)29-23(27-16)28-21(31)14-17-11-12-20(25-15-17)30(2)18-8-4-3-5-9-18;1-15-25-21(18-9-5-6-12-23-18)29-22(26-15)28-20(30)13-16-10-11-19(24-14-16)27-17-7-3-2-4-8-17;1-15-24-20(17-5-3-4-8-22-17)27-21(25-15)26-19(30)13-16-6-7-18(23-14-16)29-11-9-28(2)10-12-29;1-11-20-16(13-5-3-4-8-18-13)23-17(21-11)22-14(24)9-12-6-7-15(25-2)19-10-12/h3-13,15H,14H2,1-2H3,(H,26,27,28,29,31);2-12,14H,13H2,1H3,(H,24,27)(H,25,26,28,29,30);3-8,14H,9-13H2,1-2H3,(H,24,25,26,27,30);3-8,10H,9H2,1-2H3,(H,20,21,22,23,24). The number of amides is 4. The summed E-state index contributed by atoms with van der Waals surface area (Å²) < 4.78 is 4.99. The van der Waals surface area contributed by atoms with Crippen LogP contribution in [0.3, 0.4) is 0 Å². The minimum Gasteiger partial charge on any atom is -0.481 e. The summed E-state index contributed by atoms with van der Waals surface area (Å²) >= 11 is 0. The number of benzene rings is 2. The van der Waals surface area contributed by atoms with Gasteiger partial charge in [0.1, 0.15) is 63.5 Å². The third kappa shape index (κ3) is 24.4. The maximum atomic E-state index is 12.5. The fourth-order valence-corrected chi connectivity index (χ4v) is 11.2. The summed E-state index contributed by atoms with van der Waals surface area (Å²) in [4.78, 5) is 142. The molecule has 33 nitrogen and oxygen atoms in total. The molecule has 0 radical (unpaired) electrons. The van der Waals surface area contributed by atoms with Gasteiger partial charge in [-0.05, 0) is 148 Å². The van der Waals surface area contributed by atoms with Crippen LogP contribution in [0.5, 0.6) is 5.88 Å². The van der Waals surface area contributed by atoms with Crippen molar-refractivity contribution in [2.45, 2.75) is 53.4 Å². The van der Waals surface area contributed by atoms with Crippen molar-refractivity contribution in [3.63, 3.8) is 0 Å². The summed E-state index contributed by atoms with van der Waals surface area (Å²) in [5, 5.41) is 14.1. The van der Waals surface area contributed by atoms with Gasteiger partial charge in [-0.3, -0.25) is 60.4 Å². The first kappa shape index (κ1) is 80.2. The zero-order chi connectivity index (χ0) is 81.0. The fourth-order valence-electron chi connectivity index (χ4n) is 11.2. The monoisotopic (exact) mass is 1550 g/mol. The van der Waals surface area contributed by atoms with E-state index >= 15 is 0 Å². The Morgan fingerprint density at radius 1 is 0.371 bits per heavy atom. The summed E-state index contributed by atoms with van der Waals surface area (Å²) in [7, 11) is 5.61. The van der Waals surface area contributed by atoms with E-state index in [4.69, 9.17) is 4.74 Å². The van der Waals surface area contributed by atoms with Gasteiger partial charge in [-0.25, -0.2) is 39.9 Å². The van der Waals surface area contributed by atoms with E-state index in [0.717, 1.165) is 71.4 Å². The van der Waals surface area contributed by atoms with Crippen molar-refractivity contribution in [3.8, 4) is 52.0 Å². The Morgan fingerprint density at radius 2 is 0.733 bits per heavy atom. The predicted molar refractivity (Wildman–Crippen MR) is 438 cm³/mol. The molecule has 5 N–H and O–H groups in total. The van der Waals surface area contributed by atoms with Crippen LogP contribution in [0.2, 0.25) is 0 Å². The maximum Gasteiger partial charge on any atom is 0.233 e. The molecule has 12 aromatic heterocycles. The first-order chi connectivity index (χ1) is 56.4. The smallest absolute Gasteiger partial charge is 0.233 e. The number of hydrogen-bond donors (Lipinski definition) is 5. The largest absolute Gasteiger partial charge is 0.481 e. The first-order valence-corrected chi connectivity index (χ1v) is 36.6. The summed E-state index contributed by atoms with van der Waals surface area (Å²) in [5.41, 5.74) is 7.62. The molecule has 0 atom stereocenters. The molecular weight excluding hydrogens is 1470 g/mol. The topological polar surface area (TPSA) is 405 Å². The molecule has 14 aromatic rings. The van der Waals surface area contributed by atoms with Crippen LogP contribution < -0.4 is 41.1 Å². The number of pyridine rings is 8. The van der Waals surface area contributed by atoms with E-state index in [1.54, 1.807) is 108 Å². The lowest BCUT2D eigenvalue weighted by Crippen LogP contribution is -2.44. The molecular formula is C83H80N28O5. The van der Waals surface area contributed by atoms with Crippen LogP contribution in [0, 0.1) is 27.7 Å². The highest BCUT2D eigenvalue weighted by molar-refractivity contribution is 5.93. The summed E-state index contributed by atoms with van der Waals surface area (Å²) in [6, 6.07) is 56.5. The normalized spacial score (nSPS) is 11.5. The van der Waals surface area contributed by atoms with Crippen molar-refractivity contribution in [1.82, 2.24) is 105 Å². The Kier molecular flexibility index (Phi) is 27.7. The SMILES string of the molecule is COc1ccc(CC(=O)Nc2nc(C)nc(-c3ccccn3)n2)cn1.Cc1nc(NC(=O)Cc2ccc(N(C)c3ccccc3)nc2)nc(-c2ccccn2)n1.Cc1nc(NC(=O)Cc2ccc(N3CCN(C)CC3)nc2)nc(-c2ccccn2)n1.Cc1nc(NC(=O)Cc2ccc(Nc3ccccc3)nc2)nc(-c2ccccn2)n1. The highest BCUT2D eigenvalue weighted by atomic mass is 16.5.